The molecule has 3 aromatic carbocycles. The fourth-order valence-electron chi connectivity index (χ4n) is 5.68. The number of allylic oxidation sites excluding steroid dienone is 1. The lowest BCUT2D eigenvalue weighted by Gasteiger charge is -2.30. The zero-order valence-corrected chi connectivity index (χ0v) is 19.9. The van der Waals surface area contributed by atoms with Crippen LogP contribution in [0.5, 0.6) is 5.75 Å². The number of halogens is 1. The molecule has 0 N–H and O–H groups in total. The number of nitrogens with zero attached hydrogens (tertiary/aromatic N) is 1. The number of ether oxygens (including phenoxy) is 1. The summed E-state index contributed by atoms with van der Waals surface area (Å²) in [6, 6.07) is 21.0. The molecule has 1 aliphatic heterocycles. The van der Waals surface area contributed by atoms with Crippen LogP contribution in [0, 0.1) is 30.5 Å². The van der Waals surface area contributed by atoms with Gasteiger partial charge in [-0.25, -0.2) is 4.39 Å². The largest absolute Gasteiger partial charge is 0.496 e. The Morgan fingerprint density at radius 3 is 2.47 bits per heavy atom. The van der Waals surface area contributed by atoms with Gasteiger partial charge in [0.2, 0.25) is 5.91 Å². The van der Waals surface area contributed by atoms with Crippen molar-refractivity contribution in [2.24, 2.45) is 17.8 Å². The monoisotopic (exact) mass is 455 g/mol. The van der Waals surface area contributed by atoms with Gasteiger partial charge in [0.1, 0.15) is 11.6 Å². The molecule has 1 heterocycles. The number of carbonyl (C=O) groups excluding carboxylic acids is 1. The van der Waals surface area contributed by atoms with Crippen LogP contribution in [0.3, 0.4) is 0 Å². The lowest BCUT2D eigenvalue weighted by Crippen LogP contribution is -2.31. The van der Waals surface area contributed by atoms with Crippen LogP contribution in [0.1, 0.15) is 36.1 Å². The van der Waals surface area contributed by atoms with E-state index >= 15 is 4.39 Å². The maximum atomic E-state index is 15.7. The normalized spacial score (nSPS) is 23.8. The first-order chi connectivity index (χ1) is 16.5. The molecule has 174 valence electrons. The van der Waals surface area contributed by atoms with E-state index in [-0.39, 0.29) is 35.5 Å². The number of amides is 1. The number of aryl methyl sites for hydroxylation is 1. The molecule has 0 unspecified atom stereocenters. The second-order valence-electron chi connectivity index (χ2n) is 9.56. The molecule has 0 aromatic heterocycles. The van der Waals surface area contributed by atoms with Crippen LogP contribution in [-0.4, -0.2) is 17.9 Å². The van der Waals surface area contributed by atoms with Crippen LogP contribution in [0.2, 0.25) is 0 Å². The minimum Gasteiger partial charge on any atom is -0.496 e. The van der Waals surface area contributed by atoms with Gasteiger partial charge in [-0.2, -0.15) is 0 Å². The highest BCUT2D eigenvalue weighted by atomic mass is 19.1. The lowest BCUT2D eigenvalue weighted by molar-refractivity contribution is -0.134. The van der Waals surface area contributed by atoms with Gasteiger partial charge in [-0.05, 0) is 59.7 Å². The van der Waals surface area contributed by atoms with Crippen LogP contribution in [0.25, 0.3) is 11.1 Å². The zero-order valence-electron chi connectivity index (χ0n) is 19.9. The second-order valence-corrected chi connectivity index (χ2v) is 9.56. The Balaban J connectivity index is 1.54. The number of carbonyl (C=O) groups is 1. The number of hydrogen-bond acceptors (Lipinski definition) is 2. The minimum absolute atomic E-state index is 0.0245. The molecule has 1 aliphatic carbocycles. The number of benzene rings is 3. The molecular formula is C30H30FNO2. The first-order valence-electron chi connectivity index (χ1n) is 11.9. The van der Waals surface area contributed by atoms with Gasteiger partial charge in [0.25, 0.3) is 0 Å². The predicted molar refractivity (Wildman–Crippen MR) is 133 cm³/mol. The zero-order chi connectivity index (χ0) is 23.8. The van der Waals surface area contributed by atoms with Crippen molar-refractivity contribution in [2.75, 3.05) is 7.11 Å². The molecule has 0 bridgehead atoms. The van der Waals surface area contributed by atoms with Gasteiger partial charge in [-0.15, -0.1) is 0 Å². The summed E-state index contributed by atoms with van der Waals surface area (Å²) in [6.07, 6.45) is 5.18. The molecule has 3 nitrogen and oxygen atoms in total. The van der Waals surface area contributed by atoms with E-state index in [0.29, 0.717) is 12.1 Å². The third-order valence-electron chi connectivity index (χ3n) is 7.41. The molecule has 0 spiro atoms. The molecule has 1 fully saturated rings. The van der Waals surface area contributed by atoms with Crippen molar-refractivity contribution in [1.82, 2.24) is 4.90 Å². The lowest BCUT2D eigenvalue weighted by atomic mass is 9.75. The molecular weight excluding hydrogens is 425 g/mol. The molecule has 4 atom stereocenters. The van der Waals surface area contributed by atoms with E-state index in [0.717, 1.165) is 34.4 Å². The minimum atomic E-state index is -0.316. The van der Waals surface area contributed by atoms with Gasteiger partial charge >= 0.3 is 0 Å². The number of methoxy groups -OCH3 is 1. The van der Waals surface area contributed by atoms with E-state index in [9.17, 15) is 4.79 Å². The van der Waals surface area contributed by atoms with Crippen LogP contribution in [-0.2, 0) is 11.3 Å². The molecule has 0 saturated carbocycles. The van der Waals surface area contributed by atoms with Gasteiger partial charge in [0.05, 0.1) is 13.2 Å². The van der Waals surface area contributed by atoms with E-state index in [4.69, 9.17) is 4.74 Å². The summed E-state index contributed by atoms with van der Waals surface area (Å²) in [7, 11) is 1.65. The fourth-order valence-corrected chi connectivity index (χ4v) is 5.68. The summed E-state index contributed by atoms with van der Waals surface area (Å²) in [5, 5.41) is 0. The summed E-state index contributed by atoms with van der Waals surface area (Å²) < 4.78 is 21.1. The smallest absolute Gasteiger partial charge is 0.227 e. The van der Waals surface area contributed by atoms with Crippen LogP contribution >= 0.6 is 0 Å². The molecule has 2 aliphatic rings. The van der Waals surface area contributed by atoms with Gasteiger partial charge in [0.15, 0.2) is 0 Å². The van der Waals surface area contributed by atoms with Crippen molar-refractivity contribution >= 4 is 5.91 Å². The summed E-state index contributed by atoms with van der Waals surface area (Å²) >= 11 is 0. The average Bonchev–Trinajstić information content (AvgIpc) is 3.12. The molecule has 1 saturated heterocycles. The molecule has 34 heavy (non-hydrogen) atoms. The van der Waals surface area contributed by atoms with Crippen molar-refractivity contribution in [1.29, 1.82) is 0 Å². The van der Waals surface area contributed by atoms with E-state index in [1.165, 1.54) is 0 Å². The van der Waals surface area contributed by atoms with Gasteiger partial charge in [0, 0.05) is 23.9 Å². The highest BCUT2D eigenvalue weighted by molar-refractivity contribution is 5.83. The number of hydrogen-bond donors (Lipinski definition) is 0. The maximum absolute atomic E-state index is 15.7. The van der Waals surface area contributed by atoms with Crippen molar-refractivity contribution in [2.45, 2.75) is 32.9 Å². The Labute approximate surface area is 200 Å². The van der Waals surface area contributed by atoms with Crippen LogP contribution in [0.15, 0.2) is 78.9 Å². The van der Waals surface area contributed by atoms with E-state index in [1.54, 1.807) is 13.2 Å². The molecule has 4 heteroatoms. The van der Waals surface area contributed by atoms with Gasteiger partial charge in [-0.3, -0.25) is 4.79 Å². The quantitative estimate of drug-likeness (QED) is 0.400. The fraction of sp³-hybridized carbons (Fsp3) is 0.300. The second kappa shape index (κ2) is 9.09. The van der Waals surface area contributed by atoms with Crippen molar-refractivity contribution in [3.8, 4) is 16.9 Å². The molecule has 5 rings (SSSR count). The number of rotatable bonds is 5. The van der Waals surface area contributed by atoms with Crippen LogP contribution in [0.4, 0.5) is 4.39 Å². The molecule has 3 aromatic rings. The summed E-state index contributed by atoms with van der Waals surface area (Å²) in [5.41, 5.74) is 4.40. The Morgan fingerprint density at radius 2 is 1.76 bits per heavy atom. The molecule has 0 radical (unpaired) electrons. The van der Waals surface area contributed by atoms with Crippen molar-refractivity contribution in [3.63, 3.8) is 0 Å². The number of fused-ring (bicyclic) bond motifs is 1. The van der Waals surface area contributed by atoms with Crippen LogP contribution < -0.4 is 4.74 Å². The Kier molecular flexibility index (Phi) is 5.99. The summed E-state index contributed by atoms with van der Waals surface area (Å²) in [5.74, 6) is 0.783. The van der Waals surface area contributed by atoms with Gasteiger partial charge < -0.3 is 9.64 Å². The van der Waals surface area contributed by atoms with E-state index < -0.39 is 0 Å². The molecule has 1 amide bonds. The first kappa shape index (κ1) is 22.4. The Bertz CT molecular complexity index is 1240. The van der Waals surface area contributed by atoms with E-state index in [2.05, 4.69) is 19.1 Å². The van der Waals surface area contributed by atoms with Crippen molar-refractivity contribution < 1.29 is 13.9 Å². The predicted octanol–water partition coefficient (Wildman–Crippen LogP) is 6.72. The Hall–Kier alpha value is -3.40. The van der Waals surface area contributed by atoms with Gasteiger partial charge in [-0.1, -0.05) is 67.6 Å². The van der Waals surface area contributed by atoms with Crippen molar-refractivity contribution in [3.05, 3.63) is 101 Å². The highest BCUT2D eigenvalue weighted by Gasteiger charge is 2.50. The topological polar surface area (TPSA) is 29.5 Å². The summed E-state index contributed by atoms with van der Waals surface area (Å²) in [6.45, 7) is 4.60. The SMILES string of the molecule is COc1ccc(-c2ccc([C@H]3[C@H]4C=CC[C@@H](C)[C@@H]4C(=O)N3Cc3ccccc3)c(F)c2)cc1C. The highest BCUT2D eigenvalue weighted by Crippen LogP contribution is 2.49. The third kappa shape index (κ3) is 3.91. The number of likely N-dealkylation sites (tertiary alicyclic amines) is 1. The Morgan fingerprint density at radius 1 is 1.03 bits per heavy atom. The first-order valence-corrected chi connectivity index (χ1v) is 11.9. The van der Waals surface area contributed by atoms with E-state index in [1.807, 2.05) is 72.5 Å². The summed E-state index contributed by atoms with van der Waals surface area (Å²) in [4.78, 5) is 15.5. The third-order valence-corrected chi connectivity index (χ3v) is 7.41. The maximum Gasteiger partial charge on any atom is 0.227 e. The average molecular weight is 456 g/mol. The standard InChI is InChI=1S/C30H30FNO2/c1-19-8-7-11-25-28(19)30(33)32(18-21-9-5-4-6-10-21)29(25)24-14-12-23(17-26(24)31)22-13-15-27(34-3)20(2)16-22/h4-7,9-17,19,25,28-29H,8,18H2,1-3H3/t19-,25+,28+,29+/m1/s1.